The summed E-state index contributed by atoms with van der Waals surface area (Å²) >= 11 is 0. The van der Waals surface area contributed by atoms with Gasteiger partial charge in [-0.3, -0.25) is 10.5 Å². The Morgan fingerprint density at radius 2 is 2.46 bits per heavy atom. The van der Waals surface area contributed by atoms with Crippen LogP contribution in [0.3, 0.4) is 0 Å². The van der Waals surface area contributed by atoms with Crippen LogP contribution in [-0.2, 0) is 11.8 Å². The number of nitrogens with two attached hydrogens (primary N) is 1. The lowest BCUT2D eigenvalue weighted by atomic mass is 10.2. The van der Waals surface area contributed by atoms with Gasteiger partial charge in [-0.05, 0) is 13.0 Å². The van der Waals surface area contributed by atoms with Crippen molar-refractivity contribution in [3.8, 4) is 0 Å². The van der Waals surface area contributed by atoms with Gasteiger partial charge in [0.1, 0.15) is 0 Å². The topological polar surface area (TPSA) is 65.1 Å². The van der Waals surface area contributed by atoms with Gasteiger partial charge in [-0.15, -0.1) is 0 Å². The highest BCUT2D eigenvalue weighted by Gasteiger charge is 2.13. The normalized spacial score (nSPS) is 13.2. The fourth-order valence-corrected chi connectivity index (χ4v) is 1.34. The average molecular weight is 184 g/mol. The molecule has 0 fully saturated rings. The summed E-state index contributed by atoms with van der Waals surface area (Å²) in [5.74, 6) is 5.40. The summed E-state index contributed by atoms with van der Waals surface area (Å²) in [6.45, 7) is 2.49. The van der Waals surface area contributed by atoms with Gasteiger partial charge in [0.05, 0.1) is 24.0 Å². The summed E-state index contributed by atoms with van der Waals surface area (Å²) in [6.07, 6.45) is 0. The summed E-state index contributed by atoms with van der Waals surface area (Å²) in [5, 5.41) is 4.23. The maximum atomic E-state index is 5.40. The van der Waals surface area contributed by atoms with Crippen LogP contribution in [0.15, 0.2) is 6.07 Å². The van der Waals surface area contributed by atoms with Gasteiger partial charge in [-0.25, -0.2) is 5.43 Å². The van der Waals surface area contributed by atoms with Gasteiger partial charge in [-0.1, -0.05) is 0 Å². The van der Waals surface area contributed by atoms with Crippen LogP contribution in [0.2, 0.25) is 0 Å². The van der Waals surface area contributed by atoms with Crippen molar-refractivity contribution in [1.82, 2.24) is 15.2 Å². The van der Waals surface area contributed by atoms with Crippen molar-refractivity contribution in [3.63, 3.8) is 0 Å². The second kappa shape index (κ2) is 4.36. The van der Waals surface area contributed by atoms with Crippen LogP contribution in [0.5, 0.6) is 0 Å². The van der Waals surface area contributed by atoms with E-state index in [1.807, 2.05) is 20.0 Å². The number of ether oxygens (including phenoxy) is 1. The van der Waals surface area contributed by atoms with Crippen molar-refractivity contribution < 1.29 is 4.74 Å². The molecular formula is C8H16N4O. The minimum Gasteiger partial charge on any atom is -0.383 e. The second-order valence-corrected chi connectivity index (χ2v) is 3.01. The van der Waals surface area contributed by atoms with Crippen LogP contribution >= 0.6 is 0 Å². The van der Waals surface area contributed by atoms with Crippen LogP contribution < -0.4 is 11.3 Å². The van der Waals surface area contributed by atoms with Gasteiger partial charge in [0.2, 0.25) is 0 Å². The van der Waals surface area contributed by atoms with Crippen LogP contribution in [-0.4, -0.2) is 23.5 Å². The zero-order valence-electron chi connectivity index (χ0n) is 8.24. The lowest BCUT2D eigenvalue weighted by molar-refractivity contribution is 0.164. The number of aryl methyl sites for hydroxylation is 2. The third-order valence-electron chi connectivity index (χ3n) is 1.93. The zero-order valence-corrected chi connectivity index (χ0v) is 8.24. The Hall–Kier alpha value is -0.910. The number of aromatic nitrogens is 2. The van der Waals surface area contributed by atoms with Crippen molar-refractivity contribution in [2.45, 2.75) is 13.0 Å². The number of nitrogens with one attached hydrogen (secondary N) is 1. The lowest BCUT2D eigenvalue weighted by Crippen LogP contribution is -2.32. The van der Waals surface area contributed by atoms with Crippen molar-refractivity contribution in [1.29, 1.82) is 0 Å². The molecule has 1 atom stereocenters. The maximum Gasteiger partial charge on any atom is 0.0861 e. The summed E-state index contributed by atoms with van der Waals surface area (Å²) < 4.78 is 6.83. The first kappa shape index (κ1) is 10.2. The van der Waals surface area contributed by atoms with Gasteiger partial charge in [0.25, 0.3) is 0 Å². The highest BCUT2D eigenvalue weighted by atomic mass is 16.5. The van der Waals surface area contributed by atoms with Gasteiger partial charge < -0.3 is 4.74 Å². The molecule has 5 heteroatoms. The molecule has 1 aromatic heterocycles. The highest BCUT2D eigenvalue weighted by Crippen LogP contribution is 2.12. The Morgan fingerprint density at radius 1 is 1.77 bits per heavy atom. The molecular weight excluding hydrogens is 168 g/mol. The van der Waals surface area contributed by atoms with E-state index in [1.165, 1.54) is 0 Å². The van der Waals surface area contributed by atoms with E-state index in [0.717, 1.165) is 11.4 Å². The van der Waals surface area contributed by atoms with Crippen LogP contribution in [0.4, 0.5) is 0 Å². The second-order valence-electron chi connectivity index (χ2n) is 3.01. The van der Waals surface area contributed by atoms with E-state index in [4.69, 9.17) is 10.6 Å². The first-order valence-electron chi connectivity index (χ1n) is 4.14. The molecule has 1 aromatic rings. The first-order chi connectivity index (χ1) is 6.19. The van der Waals surface area contributed by atoms with Crippen LogP contribution in [0, 0.1) is 6.92 Å². The Morgan fingerprint density at radius 3 is 2.85 bits per heavy atom. The lowest BCUT2D eigenvalue weighted by Gasteiger charge is -2.14. The summed E-state index contributed by atoms with van der Waals surface area (Å²) in [4.78, 5) is 0. The number of hydrazine groups is 1. The van der Waals surface area contributed by atoms with Gasteiger partial charge in [-0.2, -0.15) is 5.10 Å². The molecule has 0 saturated heterocycles. The Bertz CT molecular complexity index is 271. The summed E-state index contributed by atoms with van der Waals surface area (Å²) in [7, 11) is 3.54. The fraction of sp³-hybridized carbons (Fsp3) is 0.625. The SMILES string of the molecule is COCC(NN)c1cc(C)nn1C. The standard InChI is InChI=1S/C8H16N4O/c1-6-4-8(12(2)11-6)7(10-9)5-13-3/h4,7,10H,5,9H2,1-3H3. The molecule has 1 rings (SSSR count). The molecule has 1 unspecified atom stereocenters. The summed E-state index contributed by atoms with van der Waals surface area (Å²) in [5.41, 5.74) is 4.70. The van der Waals surface area contributed by atoms with E-state index in [2.05, 4.69) is 10.5 Å². The van der Waals surface area contributed by atoms with E-state index in [-0.39, 0.29) is 6.04 Å². The zero-order chi connectivity index (χ0) is 9.84. The van der Waals surface area contributed by atoms with E-state index >= 15 is 0 Å². The predicted octanol–water partition coefficient (Wildman–Crippen LogP) is -0.121. The quantitative estimate of drug-likeness (QED) is 0.506. The van der Waals surface area contributed by atoms with Crippen molar-refractivity contribution in [3.05, 3.63) is 17.5 Å². The third kappa shape index (κ3) is 2.27. The number of hydrogen-bond acceptors (Lipinski definition) is 4. The molecule has 0 spiro atoms. The van der Waals surface area contributed by atoms with E-state index < -0.39 is 0 Å². The van der Waals surface area contributed by atoms with Crippen molar-refractivity contribution >= 4 is 0 Å². The highest BCUT2D eigenvalue weighted by molar-refractivity contribution is 5.12. The van der Waals surface area contributed by atoms with Gasteiger partial charge in [0, 0.05) is 14.2 Å². The van der Waals surface area contributed by atoms with E-state index in [0.29, 0.717) is 6.61 Å². The molecule has 0 aliphatic rings. The van der Waals surface area contributed by atoms with Crippen LogP contribution in [0.1, 0.15) is 17.4 Å². The molecule has 0 aromatic carbocycles. The molecule has 0 amide bonds. The monoisotopic (exact) mass is 184 g/mol. The molecule has 0 bridgehead atoms. The first-order valence-corrected chi connectivity index (χ1v) is 4.14. The Balaban J connectivity index is 2.83. The molecule has 0 aliphatic carbocycles. The van der Waals surface area contributed by atoms with Gasteiger partial charge in [0.15, 0.2) is 0 Å². The summed E-state index contributed by atoms with van der Waals surface area (Å²) in [6, 6.07) is 1.99. The van der Waals surface area contributed by atoms with Crippen molar-refractivity contribution in [2.24, 2.45) is 12.9 Å². The molecule has 74 valence electrons. The Kier molecular flexibility index (Phi) is 3.41. The molecule has 5 nitrogen and oxygen atoms in total. The van der Waals surface area contributed by atoms with Gasteiger partial charge >= 0.3 is 0 Å². The van der Waals surface area contributed by atoms with E-state index in [9.17, 15) is 0 Å². The molecule has 0 aliphatic heterocycles. The van der Waals surface area contributed by atoms with E-state index in [1.54, 1.807) is 11.8 Å². The number of nitrogens with zero attached hydrogens (tertiary/aromatic N) is 2. The smallest absolute Gasteiger partial charge is 0.0861 e. The van der Waals surface area contributed by atoms with Crippen LogP contribution in [0.25, 0.3) is 0 Å². The molecule has 13 heavy (non-hydrogen) atoms. The molecule has 0 radical (unpaired) electrons. The predicted molar refractivity (Wildman–Crippen MR) is 49.9 cm³/mol. The fourth-order valence-electron chi connectivity index (χ4n) is 1.34. The Labute approximate surface area is 77.8 Å². The van der Waals surface area contributed by atoms with Crippen molar-refractivity contribution in [2.75, 3.05) is 13.7 Å². The average Bonchev–Trinajstić information content (AvgIpc) is 2.41. The maximum absolute atomic E-state index is 5.40. The molecule has 1 heterocycles. The molecule has 3 N–H and O–H groups in total. The molecule has 0 saturated carbocycles. The largest absolute Gasteiger partial charge is 0.383 e. The number of rotatable bonds is 4. The third-order valence-corrected chi connectivity index (χ3v) is 1.93. The minimum atomic E-state index is -0.00352. The number of hydrogen-bond donors (Lipinski definition) is 2. The minimum absolute atomic E-state index is 0.00352. The number of methoxy groups -OCH3 is 1.